The van der Waals surface area contributed by atoms with Crippen molar-refractivity contribution in [3.05, 3.63) is 107 Å². The Kier molecular flexibility index (Phi) is 6.15. The first-order chi connectivity index (χ1) is 13.8. The van der Waals surface area contributed by atoms with E-state index in [9.17, 15) is 4.39 Å². The monoisotopic (exact) mass is 375 g/mol. The minimum Gasteiger partial charge on any atom is -0.376 e. The number of halogens is 1. The number of benzene rings is 3. The SMILES string of the molecule is Fc1ccc(CN[C@@H]2CC[C@@H](C(c3ccccc3)c3ccccc3)OC2)cc1. The highest BCUT2D eigenvalue weighted by atomic mass is 19.1. The third-order valence-electron chi connectivity index (χ3n) is 5.51. The molecule has 1 saturated heterocycles. The van der Waals surface area contributed by atoms with Crippen molar-refractivity contribution in [2.75, 3.05) is 6.61 Å². The minimum atomic E-state index is -0.194. The highest BCUT2D eigenvalue weighted by Crippen LogP contribution is 2.34. The first kappa shape index (κ1) is 18.9. The van der Waals surface area contributed by atoms with Gasteiger partial charge in [-0.25, -0.2) is 4.39 Å². The molecule has 3 aromatic carbocycles. The molecule has 0 saturated carbocycles. The van der Waals surface area contributed by atoms with E-state index in [-0.39, 0.29) is 17.8 Å². The Hall–Kier alpha value is -2.49. The molecule has 0 radical (unpaired) electrons. The van der Waals surface area contributed by atoms with E-state index >= 15 is 0 Å². The van der Waals surface area contributed by atoms with Gasteiger partial charge in [0.15, 0.2) is 0 Å². The minimum absolute atomic E-state index is 0.175. The third-order valence-corrected chi connectivity index (χ3v) is 5.51. The number of hydrogen-bond donors (Lipinski definition) is 1. The van der Waals surface area contributed by atoms with E-state index < -0.39 is 0 Å². The van der Waals surface area contributed by atoms with E-state index in [1.807, 2.05) is 12.1 Å². The predicted molar refractivity (Wildman–Crippen MR) is 111 cm³/mol. The molecule has 4 rings (SSSR count). The van der Waals surface area contributed by atoms with E-state index in [1.54, 1.807) is 0 Å². The smallest absolute Gasteiger partial charge is 0.123 e. The van der Waals surface area contributed by atoms with Gasteiger partial charge in [0, 0.05) is 18.5 Å². The molecule has 1 N–H and O–H groups in total. The maximum atomic E-state index is 13.0. The summed E-state index contributed by atoms with van der Waals surface area (Å²) >= 11 is 0. The molecule has 1 aliphatic rings. The van der Waals surface area contributed by atoms with E-state index in [0.29, 0.717) is 12.6 Å². The zero-order valence-electron chi connectivity index (χ0n) is 15.9. The summed E-state index contributed by atoms with van der Waals surface area (Å²) in [6.07, 6.45) is 2.26. The van der Waals surface area contributed by atoms with E-state index in [0.717, 1.165) is 24.9 Å². The summed E-state index contributed by atoms with van der Waals surface area (Å²) in [4.78, 5) is 0. The molecule has 1 heterocycles. The number of rotatable bonds is 6. The van der Waals surface area contributed by atoms with Crippen molar-refractivity contribution < 1.29 is 9.13 Å². The van der Waals surface area contributed by atoms with Crippen LogP contribution < -0.4 is 5.32 Å². The molecule has 2 atom stereocenters. The van der Waals surface area contributed by atoms with Gasteiger partial charge in [-0.3, -0.25) is 0 Å². The molecule has 0 aliphatic carbocycles. The molecule has 2 nitrogen and oxygen atoms in total. The molecule has 0 bridgehead atoms. The topological polar surface area (TPSA) is 21.3 Å². The van der Waals surface area contributed by atoms with Gasteiger partial charge >= 0.3 is 0 Å². The Morgan fingerprint density at radius 3 is 1.96 bits per heavy atom. The number of hydrogen-bond acceptors (Lipinski definition) is 2. The molecular weight excluding hydrogens is 349 g/mol. The van der Waals surface area contributed by atoms with Crippen LogP contribution in [0.5, 0.6) is 0 Å². The molecule has 28 heavy (non-hydrogen) atoms. The van der Waals surface area contributed by atoms with Crippen molar-refractivity contribution in [3.8, 4) is 0 Å². The summed E-state index contributed by atoms with van der Waals surface area (Å²) < 4.78 is 19.4. The van der Waals surface area contributed by atoms with Gasteiger partial charge in [0.1, 0.15) is 5.82 Å². The lowest BCUT2D eigenvalue weighted by Gasteiger charge is -2.35. The quantitative estimate of drug-likeness (QED) is 0.632. The van der Waals surface area contributed by atoms with Gasteiger partial charge in [0.2, 0.25) is 0 Å². The standard InChI is InChI=1S/C25H26FNO/c26-22-13-11-19(12-14-22)17-27-23-15-16-24(28-18-23)25(20-7-3-1-4-8-20)21-9-5-2-6-10-21/h1-14,23-25,27H,15-18H2/t23-,24+/m1/s1. The second-order valence-electron chi connectivity index (χ2n) is 7.45. The second kappa shape index (κ2) is 9.13. The van der Waals surface area contributed by atoms with Crippen molar-refractivity contribution in [2.45, 2.75) is 37.5 Å². The molecule has 0 aromatic heterocycles. The number of ether oxygens (including phenoxy) is 1. The Morgan fingerprint density at radius 2 is 1.43 bits per heavy atom. The molecule has 1 fully saturated rings. The van der Waals surface area contributed by atoms with Gasteiger partial charge in [0.25, 0.3) is 0 Å². The summed E-state index contributed by atoms with van der Waals surface area (Å²) in [6, 6.07) is 28.3. The first-order valence-electron chi connectivity index (χ1n) is 9.99. The fourth-order valence-corrected chi connectivity index (χ4v) is 4.00. The molecule has 3 heteroatoms. The van der Waals surface area contributed by atoms with Crippen LogP contribution in [0.3, 0.4) is 0 Å². The highest BCUT2D eigenvalue weighted by Gasteiger charge is 2.30. The third kappa shape index (κ3) is 4.67. The zero-order valence-corrected chi connectivity index (χ0v) is 15.9. The van der Waals surface area contributed by atoms with Gasteiger partial charge in [-0.05, 0) is 41.7 Å². The average Bonchev–Trinajstić information content (AvgIpc) is 2.76. The maximum Gasteiger partial charge on any atom is 0.123 e. The Balaban J connectivity index is 1.40. The van der Waals surface area contributed by atoms with Gasteiger partial charge in [-0.1, -0.05) is 72.8 Å². The van der Waals surface area contributed by atoms with Crippen molar-refractivity contribution in [3.63, 3.8) is 0 Å². The van der Waals surface area contributed by atoms with Gasteiger partial charge in [0.05, 0.1) is 12.7 Å². The fraction of sp³-hybridized carbons (Fsp3) is 0.280. The highest BCUT2D eigenvalue weighted by molar-refractivity contribution is 5.34. The van der Waals surface area contributed by atoms with Gasteiger partial charge < -0.3 is 10.1 Å². The summed E-state index contributed by atoms with van der Waals surface area (Å²) in [6.45, 7) is 1.43. The van der Waals surface area contributed by atoms with Crippen molar-refractivity contribution >= 4 is 0 Å². The summed E-state index contributed by atoms with van der Waals surface area (Å²) in [5.74, 6) is 0.0564. The lowest BCUT2D eigenvalue weighted by atomic mass is 9.83. The van der Waals surface area contributed by atoms with Crippen LogP contribution in [0.15, 0.2) is 84.9 Å². The maximum absolute atomic E-state index is 13.0. The predicted octanol–water partition coefficient (Wildman–Crippen LogP) is 5.30. The normalized spacial score (nSPS) is 19.6. The van der Waals surface area contributed by atoms with Crippen LogP contribution in [-0.4, -0.2) is 18.8 Å². The fourth-order valence-electron chi connectivity index (χ4n) is 4.00. The summed E-state index contributed by atoms with van der Waals surface area (Å²) in [7, 11) is 0. The molecule has 0 unspecified atom stereocenters. The molecule has 3 aromatic rings. The van der Waals surface area contributed by atoms with Crippen molar-refractivity contribution in [1.82, 2.24) is 5.32 Å². The molecule has 0 spiro atoms. The Bertz CT molecular complexity index is 803. The molecule has 144 valence electrons. The lowest BCUT2D eigenvalue weighted by Crippen LogP contribution is -2.41. The van der Waals surface area contributed by atoms with Crippen LogP contribution in [-0.2, 0) is 11.3 Å². The van der Waals surface area contributed by atoms with Gasteiger partial charge in [-0.2, -0.15) is 0 Å². The van der Waals surface area contributed by atoms with E-state index in [2.05, 4.69) is 66.0 Å². The average molecular weight is 375 g/mol. The largest absolute Gasteiger partial charge is 0.376 e. The first-order valence-corrected chi connectivity index (χ1v) is 9.99. The van der Waals surface area contributed by atoms with Gasteiger partial charge in [-0.15, -0.1) is 0 Å². The second-order valence-corrected chi connectivity index (χ2v) is 7.45. The summed E-state index contributed by atoms with van der Waals surface area (Å²) in [5, 5.41) is 3.55. The zero-order chi connectivity index (χ0) is 19.2. The van der Waals surface area contributed by atoms with Crippen molar-refractivity contribution in [2.24, 2.45) is 0 Å². The molecule has 1 aliphatic heterocycles. The van der Waals surface area contributed by atoms with Crippen LogP contribution in [0.4, 0.5) is 4.39 Å². The van der Waals surface area contributed by atoms with Crippen LogP contribution in [0.25, 0.3) is 0 Å². The van der Waals surface area contributed by atoms with Crippen molar-refractivity contribution in [1.29, 1.82) is 0 Å². The van der Waals surface area contributed by atoms with E-state index in [1.165, 1.54) is 23.3 Å². The Morgan fingerprint density at radius 1 is 0.821 bits per heavy atom. The van der Waals surface area contributed by atoms with Crippen LogP contribution in [0.1, 0.15) is 35.4 Å². The Labute approximate surface area is 166 Å². The molecule has 0 amide bonds. The van der Waals surface area contributed by atoms with E-state index in [4.69, 9.17) is 4.74 Å². The number of nitrogens with one attached hydrogen (secondary N) is 1. The molecular formula is C25H26FNO. The lowest BCUT2D eigenvalue weighted by molar-refractivity contribution is -0.0116. The summed E-state index contributed by atoms with van der Waals surface area (Å²) in [5.41, 5.74) is 3.70. The van der Waals surface area contributed by atoms with Crippen LogP contribution in [0, 0.1) is 5.82 Å². The van der Waals surface area contributed by atoms with Crippen LogP contribution >= 0.6 is 0 Å². The van der Waals surface area contributed by atoms with Crippen LogP contribution in [0.2, 0.25) is 0 Å².